The van der Waals surface area contributed by atoms with Crippen molar-refractivity contribution in [2.45, 2.75) is 5.92 Å². The Balaban J connectivity index is 2.01. The summed E-state index contributed by atoms with van der Waals surface area (Å²) < 4.78 is 7.27. The predicted molar refractivity (Wildman–Crippen MR) is 97.7 cm³/mol. The van der Waals surface area contributed by atoms with E-state index in [2.05, 4.69) is 11.2 Å². The molecule has 0 radical (unpaired) electrons. The van der Waals surface area contributed by atoms with Crippen molar-refractivity contribution in [2.24, 2.45) is 12.8 Å². The number of nitrogens with two attached hydrogens (primary N) is 1. The lowest BCUT2D eigenvalue weighted by Gasteiger charge is -2.25. The van der Waals surface area contributed by atoms with Gasteiger partial charge in [0.25, 0.3) is 0 Å². The zero-order valence-electron chi connectivity index (χ0n) is 14.4. The Bertz CT molecular complexity index is 1110. The minimum atomic E-state index is -0.589. The summed E-state index contributed by atoms with van der Waals surface area (Å²) in [7, 11) is 1.74. The van der Waals surface area contributed by atoms with Crippen LogP contribution in [-0.2, 0) is 7.05 Å². The molecule has 1 aliphatic rings. The van der Waals surface area contributed by atoms with Crippen LogP contribution in [0.4, 0.5) is 0 Å². The molecule has 0 saturated carbocycles. The lowest BCUT2D eigenvalue weighted by atomic mass is 9.83. The number of hydrogen-bond donors (Lipinski definition) is 3. The highest BCUT2D eigenvalue weighted by Gasteiger charge is 2.36. The molecule has 7 nitrogen and oxygen atoms in total. The maximum absolute atomic E-state index is 9.96. The SMILES string of the molecule is Cn1nc(-c2ccccc2)c2c1OC(N)=C(C#N)C2c1ccc(O)c(O)c1. The molecule has 134 valence electrons. The summed E-state index contributed by atoms with van der Waals surface area (Å²) in [4.78, 5) is 0. The molecule has 3 aromatic rings. The summed E-state index contributed by atoms with van der Waals surface area (Å²) in [6.07, 6.45) is 0. The van der Waals surface area contributed by atoms with Crippen molar-refractivity contribution in [3.63, 3.8) is 0 Å². The lowest BCUT2D eigenvalue weighted by Crippen LogP contribution is -2.21. The summed E-state index contributed by atoms with van der Waals surface area (Å²) in [6, 6.07) is 16.1. The second-order valence-electron chi connectivity index (χ2n) is 6.23. The number of rotatable bonds is 2. The molecule has 1 atom stereocenters. The minimum absolute atomic E-state index is 0.00910. The van der Waals surface area contributed by atoms with Gasteiger partial charge in [-0.3, -0.25) is 0 Å². The van der Waals surface area contributed by atoms with Gasteiger partial charge in [0, 0.05) is 12.6 Å². The Morgan fingerprint density at radius 1 is 1.15 bits per heavy atom. The van der Waals surface area contributed by atoms with Crippen LogP contribution >= 0.6 is 0 Å². The van der Waals surface area contributed by atoms with E-state index in [1.165, 1.54) is 12.1 Å². The number of ether oxygens (including phenoxy) is 1. The van der Waals surface area contributed by atoms with Crippen LogP contribution in [0.1, 0.15) is 17.0 Å². The normalized spacial score (nSPS) is 15.8. The van der Waals surface area contributed by atoms with E-state index < -0.39 is 5.92 Å². The summed E-state index contributed by atoms with van der Waals surface area (Å²) >= 11 is 0. The van der Waals surface area contributed by atoms with Crippen LogP contribution in [0.25, 0.3) is 11.3 Å². The molecule has 2 heterocycles. The number of aryl methyl sites for hydroxylation is 1. The second kappa shape index (κ2) is 6.11. The fourth-order valence-corrected chi connectivity index (χ4v) is 3.33. The Morgan fingerprint density at radius 3 is 2.56 bits per heavy atom. The maximum atomic E-state index is 9.96. The van der Waals surface area contributed by atoms with E-state index in [-0.39, 0.29) is 23.0 Å². The average Bonchev–Trinajstić information content (AvgIpc) is 3.00. The maximum Gasteiger partial charge on any atom is 0.224 e. The van der Waals surface area contributed by atoms with Crippen LogP contribution in [0.5, 0.6) is 17.4 Å². The van der Waals surface area contributed by atoms with Gasteiger partial charge in [0.15, 0.2) is 11.5 Å². The number of phenolic OH excluding ortho intramolecular Hbond substituents is 2. The van der Waals surface area contributed by atoms with Crippen molar-refractivity contribution in [3.8, 4) is 34.7 Å². The van der Waals surface area contributed by atoms with E-state index >= 15 is 0 Å². The van der Waals surface area contributed by atoms with E-state index in [9.17, 15) is 15.5 Å². The lowest BCUT2D eigenvalue weighted by molar-refractivity contribution is 0.358. The smallest absolute Gasteiger partial charge is 0.224 e. The van der Waals surface area contributed by atoms with Crippen LogP contribution in [0.15, 0.2) is 60.0 Å². The third-order valence-electron chi connectivity index (χ3n) is 4.58. The average molecular weight is 360 g/mol. The third kappa shape index (κ3) is 2.55. The monoisotopic (exact) mass is 360 g/mol. The molecule has 4 rings (SSSR count). The Morgan fingerprint density at radius 2 is 1.89 bits per heavy atom. The Labute approximate surface area is 155 Å². The van der Waals surface area contributed by atoms with E-state index in [0.717, 1.165) is 5.56 Å². The van der Waals surface area contributed by atoms with Crippen molar-refractivity contribution < 1.29 is 14.9 Å². The number of allylic oxidation sites excluding steroid dienone is 1. The molecule has 27 heavy (non-hydrogen) atoms. The van der Waals surface area contributed by atoms with Gasteiger partial charge in [0.2, 0.25) is 11.8 Å². The highest BCUT2D eigenvalue weighted by molar-refractivity contribution is 5.71. The topological polar surface area (TPSA) is 117 Å². The van der Waals surface area contributed by atoms with Crippen LogP contribution in [0.2, 0.25) is 0 Å². The third-order valence-corrected chi connectivity index (χ3v) is 4.58. The molecule has 0 bridgehead atoms. The van der Waals surface area contributed by atoms with Gasteiger partial charge in [-0.1, -0.05) is 36.4 Å². The van der Waals surface area contributed by atoms with Gasteiger partial charge >= 0.3 is 0 Å². The van der Waals surface area contributed by atoms with E-state index in [0.29, 0.717) is 22.7 Å². The molecular formula is C20H16N4O3. The van der Waals surface area contributed by atoms with Crippen molar-refractivity contribution in [1.29, 1.82) is 5.26 Å². The number of aromatic nitrogens is 2. The molecule has 0 aliphatic carbocycles. The van der Waals surface area contributed by atoms with Crippen molar-refractivity contribution in [1.82, 2.24) is 9.78 Å². The minimum Gasteiger partial charge on any atom is -0.504 e. The number of nitriles is 1. The van der Waals surface area contributed by atoms with E-state index in [4.69, 9.17) is 10.5 Å². The molecule has 0 fully saturated rings. The van der Waals surface area contributed by atoms with Crippen molar-refractivity contribution >= 4 is 0 Å². The molecule has 0 amide bonds. The number of hydrogen-bond acceptors (Lipinski definition) is 6. The summed E-state index contributed by atoms with van der Waals surface area (Å²) in [5, 5.41) is 33.9. The first-order chi connectivity index (χ1) is 13.0. The highest BCUT2D eigenvalue weighted by Crippen LogP contribution is 2.47. The standard InChI is InChI=1S/C20H16N4O3/c1-24-20-17(18(23-24)11-5-3-2-4-6-11)16(13(10-21)19(22)27-20)12-7-8-14(25)15(26)9-12/h2-9,16,25-26H,22H2,1H3. The second-order valence-corrected chi connectivity index (χ2v) is 6.23. The van der Waals surface area contributed by atoms with Gasteiger partial charge in [0.1, 0.15) is 17.3 Å². The van der Waals surface area contributed by atoms with E-state index in [1.54, 1.807) is 17.8 Å². The van der Waals surface area contributed by atoms with Gasteiger partial charge in [-0.05, 0) is 17.7 Å². The first-order valence-corrected chi connectivity index (χ1v) is 8.23. The predicted octanol–water partition coefficient (Wildman–Crippen LogP) is 2.72. The van der Waals surface area contributed by atoms with Crippen LogP contribution in [0, 0.1) is 11.3 Å². The number of nitrogens with zero attached hydrogens (tertiary/aromatic N) is 3. The summed E-state index contributed by atoms with van der Waals surface area (Å²) in [6.45, 7) is 0. The molecule has 0 saturated heterocycles. The number of aromatic hydroxyl groups is 2. The van der Waals surface area contributed by atoms with Crippen molar-refractivity contribution in [2.75, 3.05) is 0 Å². The fourth-order valence-electron chi connectivity index (χ4n) is 3.33. The van der Waals surface area contributed by atoms with E-state index in [1.807, 2.05) is 30.3 Å². The highest BCUT2D eigenvalue weighted by atomic mass is 16.5. The van der Waals surface area contributed by atoms with Crippen LogP contribution in [0.3, 0.4) is 0 Å². The molecule has 4 N–H and O–H groups in total. The molecular weight excluding hydrogens is 344 g/mol. The number of fused-ring (bicyclic) bond motifs is 1. The van der Waals surface area contributed by atoms with Gasteiger partial charge < -0.3 is 20.7 Å². The first-order valence-electron chi connectivity index (χ1n) is 8.23. The summed E-state index contributed by atoms with van der Waals surface area (Å²) in [5.74, 6) is -0.681. The zero-order chi connectivity index (χ0) is 19.1. The summed E-state index contributed by atoms with van der Waals surface area (Å²) in [5.41, 5.74) is 9.02. The van der Waals surface area contributed by atoms with Gasteiger partial charge in [-0.15, -0.1) is 0 Å². The van der Waals surface area contributed by atoms with Gasteiger partial charge in [-0.2, -0.15) is 10.4 Å². The number of phenols is 2. The number of benzene rings is 2. The fraction of sp³-hybridized carbons (Fsp3) is 0.100. The zero-order valence-corrected chi connectivity index (χ0v) is 14.4. The van der Waals surface area contributed by atoms with Crippen LogP contribution in [-0.4, -0.2) is 20.0 Å². The molecule has 1 aromatic heterocycles. The largest absolute Gasteiger partial charge is 0.504 e. The van der Waals surface area contributed by atoms with Crippen molar-refractivity contribution in [3.05, 3.63) is 71.1 Å². The van der Waals surface area contributed by atoms with Gasteiger partial charge in [0.05, 0.1) is 11.5 Å². The molecule has 1 aliphatic heterocycles. The molecule has 0 spiro atoms. The molecule has 7 heteroatoms. The quantitative estimate of drug-likeness (QED) is 0.605. The van der Waals surface area contributed by atoms with Crippen LogP contribution < -0.4 is 10.5 Å². The Hall–Kier alpha value is -3.92. The molecule has 2 aromatic carbocycles. The Kier molecular flexibility index (Phi) is 3.74. The van der Waals surface area contributed by atoms with Gasteiger partial charge in [-0.25, -0.2) is 4.68 Å². The first kappa shape index (κ1) is 16.5. The molecule has 1 unspecified atom stereocenters.